The van der Waals surface area contributed by atoms with Gasteiger partial charge in [-0.25, -0.2) is 4.39 Å². The van der Waals surface area contributed by atoms with Crippen LogP contribution in [0.5, 0.6) is 11.5 Å². The molecule has 4 rings (SSSR count). The zero-order chi connectivity index (χ0) is 24.5. The van der Waals surface area contributed by atoms with Crippen molar-refractivity contribution in [2.45, 2.75) is 65.4 Å². The lowest BCUT2D eigenvalue weighted by atomic mass is 9.59. The summed E-state index contributed by atoms with van der Waals surface area (Å²) in [6.07, 6.45) is 11.8. The van der Waals surface area contributed by atoms with Crippen molar-refractivity contribution in [3.05, 3.63) is 77.1 Å². The highest BCUT2D eigenvalue weighted by Crippen LogP contribution is 2.54. The van der Waals surface area contributed by atoms with Gasteiger partial charge in [0.1, 0.15) is 22.9 Å². The highest BCUT2D eigenvalue weighted by molar-refractivity contribution is 5.57. The third kappa shape index (κ3) is 4.87. The summed E-state index contributed by atoms with van der Waals surface area (Å²) in [4.78, 5) is 0. The number of allylic oxidation sites excluding steroid dienone is 4. The minimum absolute atomic E-state index is 0.0144. The van der Waals surface area contributed by atoms with Crippen LogP contribution >= 0.6 is 0 Å². The van der Waals surface area contributed by atoms with Crippen molar-refractivity contribution < 1.29 is 13.9 Å². The maximum absolute atomic E-state index is 15.2. The van der Waals surface area contributed by atoms with Gasteiger partial charge in [0.2, 0.25) is 0 Å². The van der Waals surface area contributed by atoms with Crippen molar-refractivity contribution in [3.63, 3.8) is 0 Å². The number of nitrogens with one attached hydrogen (secondary N) is 1. The predicted octanol–water partition coefficient (Wildman–Crippen LogP) is 7.66. The molecule has 0 aliphatic heterocycles. The van der Waals surface area contributed by atoms with Crippen LogP contribution in [0.3, 0.4) is 0 Å². The molecule has 3 nitrogen and oxygen atoms in total. The second-order valence-electron chi connectivity index (χ2n) is 10.8. The van der Waals surface area contributed by atoms with Crippen LogP contribution in [0.1, 0.15) is 70.1 Å². The van der Waals surface area contributed by atoms with Gasteiger partial charge in [0.15, 0.2) is 0 Å². The molecule has 34 heavy (non-hydrogen) atoms. The Kier molecular flexibility index (Phi) is 6.80. The van der Waals surface area contributed by atoms with Crippen LogP contribution in [0.25, 0.3) is 0 Å². The van der Waals surface area contributed by atoms with Crippen molar-refractivity contribution >= 4 is 5.69 Å². The molecule has 0 bridgehead atoms. The zero-order valence-corrected chi connectivity index (χ0v) is 21.4. The average molecular weight is 464 g/mol. The molecule has 182 valence electrons. The van der Waals surface area contributed by atoms with E-state index >= 15 is 4.39 Å². The minimum atomic E-state index is -0.258. The van der Waals surface area contributed by atoms with E-state index < -0.39 is 0 Å². The van der Waals surface area contributed by atoms with Crippen LogP contribution in [0.4, 0.5) is 10.1 Å². The third-order valence-electron chi connectivity index (χ3n) is 7.15. The first-order valence-electron chi connectivity index (χ1n) is 12.4. The molecule has 4 heteroatoms. The maximum atomic E-state index is 15.2. The van der Waals surface area contributed by atoms with Crippen molar-refractivity contribution in [1.82, 2.24) is 0 Å². The average Bonchev–Trinajstić information content (AvgIpc) is 2.79. The topological polar surface area (TPSA) is 30.5 Å². The summed E-state index contributed by atoms with van der Waals surface area (Å²) in [6.45, 7) is 11.1. The van der Waals surface area contributed by atoms with E-state index in [0.29, 0.717) is 18.2 Å². The second kappa shape index (κ2) is 9.48. The van der Waals surface area contributed by atoms with Crippen LogP contribution in [0, 0.1) is 17.2 Å². The Bertz CT molecular complexity index is 1100. The van der Waals surface area contributed by atoms with Gasteiger partial charge in [-0.2, -0.15) is 0 Å². The summed E-state index contributed by atoms with van der Waals surface area (Å²) in [5.41, 5.74) is 3.65. The molecule has 3 atom stereocenters. The van der Waals surface area contributed by atoms with E-state index in [2.05, 4.69) is 75.5 Å². The molecule has 0 heterocycles. The van der Waals surface area contributed by atoms with Crippen LogP contribution in [0.2, 0.25) is 0 Å². The van der Waals surface area contributed by atoms with E-state index in [-0.39, 0.29) is 22.8 Å². The molecule has 0 radical (unpaired) electrons. The summed E-state index contributed by atoms with van der Waals surface area (Å²) in [5.74, 6) is 1.72. The number of anilines is 1. The second-order valence-corrected chi connectivity index (χ2v) is 10.8. The lowest BCUT2D eigenvalue weighted by Crippen LogP contribution is -2.35. The summed E-state index contributed by atoms with van der Waals surface area (Å²) < 4.78 is 27.3. The van der Waals surface area contributed by atoms with E-state index in [9.17, 15) is 0 Å². The molecule has 1 unspecified atom stereocenters. The lowest BCUT2D eigenvalue weighted by molar-refractivity contribution is 0.130. The van der Waals surface area contributed by atoms with E-state index in [1.165, 1.54) is 11.1 Å². The Balaban J connectivity index is 1.86. The van der Waals surface area contributed by atoms with E-state index in [1.807, 2.05) is 13.0 Å². The Labute approximate surface area is 204 Å². The number of hydrogen-bond donors (Lipinski definition) is 1. The number of aryl methyl sites for hydroxylation is 1. The van der Waals surface area contributed by atoms with Gasteiger partial charge in [0.25, 0.3) is 0 Å². The fourth-order valence-corrected chi connectivity index (χ4v) is 5.64. The number of fused-ring (bicyclic) bond motifs is 1. The van der Waals surface area contributed by atoms with Crippen LogP contribution in [-0.2, 0) is 6.42 Å². The third-order valence-corrected chi connectivity index (χ3v) is 7.15. The largest absolute Gasteiger partial charge is 0.496 e. The van der Waals surface area contributed by atoms with E-state index in [4.69, 9.17) is 9.47 Å². The number of rotatable bonds is 6. The highest BCUT2D eigenvalue weighted by atomic mass is 19.1. The van der Waals surface area contributed by atoms with E-state index in [1.54, 1.807) is 13.2 Å². The zero-order valence-electron chi connectivity index (χ0n) is 21.4. The normalized spacial score (nSPS) is 24.0. The summed E-state index contributed by atoms with van der Waals surface area (Å²) in [6, 6.07) is 9.94. The van der Waals surface area contributed by atoms with Crippen molar-refractivity contribution in [2.75, 3.05) is 19.0 Å². The predicted molar refractivity (Wildman–Crippen MR) is 139 cm³/mol. The van der Waals surface area contributed by atoms with Gasteiger partial charge >= 0.3 is 0 Å². The summed E-state index contributed by atoms with van der Waals surface area (Å²) >= 11 is 0. The number of ether oxygens (including phenoxy) is 2. The van der Waals surface area contributed by atoms with Gasteiger partial charge in [-0.05, 0) is 87.6 Å². The molecule has 0 saturated heterocycles. The standard InChI is InChI=1S/C30H38FNO2/c1-7-32-26-19-27(33-6)23(18-25(26)31)28-22-13-12-21(34-29(2,3)4)17-20(22)11-14-24(28)30(5)15-9-8-10-16-30/h8-10,12-13,15,17-19,24,28,32H,7,11,14,16H2,1-6H3/t24-,28-,30?/m0/s1. The van der Waals surface area contributed by atoms with Crippen molar-refractivity contribution in [2.24, 2.45) is 11.3 Å². The van der Waals surface area contributed by atoms with Crippen molar-refractivity contribution in [3.8, 4) is 11.5 Å². The molecule has 0 amide bonds. The molecule has 2 aliphatic rings. The first-order chi connectivity index (χ1) is 16.1. The molecule has 2 aromatic rings. The van der Waals surface area contributed by atoms with Crippen molar-refractivity contribution in [1.29, 1.82) is 0 Å². The molecule has 1 N–H and O–H groups in total. The first-order valence-corrected chi connectivity index (χ1v) is 12.4. The Hall–Kier alpha value is -2.75. The fourth-order valence-electron chi connectivity index (χ4n) is 5.64. The monoisotopic (exact) mass is 463 g/mol. The number of hydrogen-bond acceptors (Lipinski definition) is 3. The smallest absolute Gasteiger partial charge is 0.146 e. The van der Waals surface area contributed by atoms with Gasteiger partial charge < -0.3 is 14.8 Å². The number of halogens is 1. The van der Waals surface area contributed by atoms with E-state index in [0.717, 1.165) is 36.3 Å². The minimum Gasteiger partial charge on any atom is -0.496 e. The summed E-state index contributed by atoms with van der Waals surface area (Å²) in [5, 5.41) is 3.12. The van der Waals surface area contributed by atoms with Crippen LogP contribution in [-0.4, -0.2) is 19.3 Å². The molecule has 2 aromatic carbocycles. The Morgan fingerprint density at radius 3 is 2.56 bits per heavy atom. The highest BCUT2D eigenvalue weighted by Gasteiger charge is 2.43. The lowest BCUT2D eigenvalue weighted by Gasteiger charge is -2.45. The molecular weight excluding hydrogens is 425 g/mol. The quantitative estimate of drug-likeness (QED) is 0.477. The first kappa shape index (κ1) is 24.4. The van der Waals surface area contributed by atoms with Gasteiger partial charge in [0.05, 0.1) is 12.8 Å². The number of methoxy groups -OCH3 is 1. The van der Waals surface area contributed by atoms with Gasteiger partial charge in [-0.1, -0.05) is 37.3 Å². The van der Waals surface area contributed by atoms with Crippen LogP contribution < -0.4 is 14.8 Å². The molecular formula is C30H38FNO2. The van der Waals surface area contributed by atoms with Gasteiger partial charge in [0, 0.05) is 24.1 Å². The number of benzene rings is 2. The van der Waals surface area contributed by atoms with Gasteiger partial charge in [-0.3, -0.25) is 0 Å². The molecule has 0 spiro atoms. The Morgan fingerprint density at radius 1 is 1.12 bits per heavy atom. The molecule has 2 aliphatic carbocycles. The van der Waals surface area contributed by atoms with Gasteiger partial charge in [-0.15, -0.1) is 0 Å². The van der Waals surface area contributed by atoms with Crippen LogP contribution in [0.15, 0.2) is 54.6 Å². The molecule has 0 aromatic heterocycles. The fraction of sp³-hybridized carbons (Fsp3) is 0.467. The SMILES string of the molecule is CCNc1cc(OC)c([C@@H]2c3ccc(OC(C)(C)C)cc3CC[C@@H]2C2(C)C=CC=CC2)cc1F. The Morgan fingerprint density at radius 2 is 1.91 bits per heavy atom. The maximum Gasteiger partial charge on any atom is 0.146 e. The summed E-state index contributed by atoms with van der Waals surface area (Å²) in [7, 11) is 1.68. The molecule has 0 saturated carbocycles. The molecule has 0 fully saturated rings.